The molecule has 0 heterocycles. The Morgan fingerprint density at radius 1 is 1.50 bits per heavy atom. The largest absolute Gasteiger partial charge is 0.392 e. The average Bonchev–Trinajstić information content (AvgIpc) is 2.23. The SMILES string of the molecule is CCN(CC(N)=S)CC1Cc2ccccc21. The summed E-state index contributed by atoms with van der Waals surface area (Å²) in [7, 11) is 0. The summed E-state index contributed by atoms with van der Waals surface area (Å²) >= 11 is 4.96. The van der Waals surface area contributed by atoms with E-state index in [-0.39, 0.29) is 0 Å². The molecule has 0 radical (unpaired) electrons. The predicted molar refractivity (Wildman–Crippen MR) is 71.8 cm³/mol. The van der Waals surface area contributed by atoms with Crippen LogP contribution in [0.4, 0.5) is 0 Å². The minimum atomic E-state index is 0.592. The smallest absolute Gasteiger partial charge is 0.0870 e. The van der Waals surface area contributed by atoms with Crippen LogP contribution in [-0.4, -0.2) is 29.5 Å². The molecule has 1 atom stereocenters. The summed E-state index contributed by atoms with van der Waals surface area (Å²) in [5.74, 6) is 0.672. The van der Waals surface area contributed by atoms with E-state index in [0.717, 1.165) is 19.6 Å². The highest BCUT2D eigenvalue weighted by atomic mass is 32.1. The van der Waals surface area contributed by atoms with Gasteiger partial charge in [0, 0.05) is 19.0 Å². The van der Waals surface area contributed by atoms with Crippen molar-refractivity contribution in [3.8, 4) is 0 Å². The van der Waals surface area contributed by atoms with Crippen molar-refractivity contribution in [1.29, 1.82) is 0 Å². The average molecular weight is 234 g/mol. The monoisotopic (exact) mass is 234 g/mol. The van der Waals surface area contributed by atoms with Crippen LogP contribution in [0.3, 0.4) is 0 Å². The molecule has 0 bridgehead atoms. The Labute approximate surface area is 102 Å². The number of benzene rings is 1. The van der Waals surface area contributed by atoms with Crippen molar-refractivity contribution in [3.05, 3.63) is 35.4 Å². The number of hydrogen-bond acceptors (Lipinski definition) is 2. The van der Waals surface area contributed by atoms with Gasteiger partial charge in [-0.3, -0.25) is 4.90 Å². The number of nitrogens with two attached hydrogens (primary N) is 1. The summed E-state index contributed by atoms with van der Waals surface area (Å²) in [6.07, 6.45) is 1.20. The molecule has 2 nitrogen and oxygen atoms in total. The summed E-state index contributed by atoms with van der Waals surface area (Å²) in [5, 5.41) is 0. The molecule has 1 aromatic rings. The van der Waals surface area contributed by atoms with Gasteiger partial charge in [-0.1, -0.05) is 43.4 Å². The lowest BCUT2D eigenvalue weighted by Crippen LogP contribution is -2.38. The van der Waals surface area contributed by atoms with Crippen molar-refractivity contribution in [2.45, 2.75) is 19.3 Å². The zero-order valence-corrected chi connectivity index (χ0v) is 10.5. The maximum atomic E-state index is 5.59. The Bertz CT molecular complexity index is 389. The van der Waals surface area contributed by atoms with Crippen LogP contribution < -0.4 is 5.73 Å². The highest BCUT2D eigenvalue weighted by molar-refractivity contribution is 7.80. The second kappa shape index (κ2) is 4.93. The third-order valence-corrected chi connectivity index (χ3v) is 3.40. The van der Waals surface area contributed by atoms with Crippen molar-refractivity contribution in [3.63, 3.8) is 0 Å². The molecule has 2 N–H and O–H groups in total. The lowest BCUT2D eigenvalue weighted by molar-refractivity contribution is 0.293. The van der Waals surface area contributed by atoms with E-state index in [9.17, 15) is 0 Å². The van der Waals surface area contributed by atoms with Crippen LogP contribution in [0.15, 0.2) is 24.3 Å². The standard InChI is InChI=1S/C13H18N2S/c1-2-15(9-13(14)16)8-11-7-10-5-3-4-6-12(10)11/h3-6,11H,2,7-9H2,1H3,(H2,14,16). The molecule has 0 fully saturated rings. The molecular weight excluding hydrogens is 216 g/mol. The Hall–Kier alpha value is -0.930. The number of hydrogen-bond donors (Lipinski definition) is 1. The van der Waals surface area contributed by atoms with Gasteiger partial charge in [0.05, 0.1) is 4.99 Å². The molecule has 1 aromatic carbocycles. The van der Waals surface area contributed by atoms with E-state index in [4.69, 9.17) is 18.0 Å². The first-order valence-corrected chi connectivity index (χ1v) is 6.20. The van der Waals surface area contributed by atoms with Gasteiger partial charge in [0.25, 0.3) is 0 Å². The Kier molecular flexibility index (Phi) is 3.56. The number of thiocarbonyl (C=S) groups is 1. The first-order valence-electron chi connectivity index (χ1n) is 5.79. The molecule has 0 spiro atoms. The fourth-order valence-corrected chi connectivity index (χ4v) is 2.55. The fourth-order valence-electron chi connectivity index (χ4n) is 2.36. The topological polar surface area (TPSA) is 29.3 Å². The van der Waals surface area contributed by atoms with Crippen LogP contribution in [0.1, 0.15) is 24.0 Å². The fraction of sp³-hybridized carbons (Fsp3) is 0.462. The van der Waals surface area contributed by atoms with E-state index in [2.05, 4.69) is 36.1 Å². The van der Waals surface area contributed by atoms with Gasteiger partial charge >= 0.3 is 0 Å². The molecule has 0 saturated heterocycles. The zero-order chi connectivity index (χ0) is 11.5. The Morgan fingerprint density at radius 3 is 2.88 bits per heavy atom. The molecular formula is C13H18N2S. The van der Waals surface area contributed by atoms with Gasteiger partial charge in [0.2, 0.25) is 0 Å². The summed E-state index contributed by atoms with van der Waals surface area (Å²) in [5.41, 5.74) is 8.59. The normalized spacial score (nSPS) is 18.0. The molecule has 0 saturated carbocycles. The minimum absolute atomic E-state index is 0.592. The van der Waals surface area contributed by atoms with Crippen LogP contribution in [0.5, 0.6) is 0 Å². The molecule has 1 unspecified atom stereocenters. The van der Waals surface area contributed by atoms with Crippen LogP contribution >= 0.6 is 12.2 Å². The number of likely N-dealkylation sites (N-methyl/N-ethyl adjacent to an activating group) is 1. The van der Waals surface area contributed by atoms with Crippen LogP contribution in [0, 0.1) is 0 Å². The summed E-state index contributed by atoms with van der Waals surface area (Å²) < 4.78 is 0. The highest BCUT2D eigenvalue weighted by Crippen LogP contribution is 2.35. The number of fused-ring (bicyclic) bond motifs is 1. The van der Waals surface area contributed by atoms with E-state index in [0.29, 0.717) is 10.9 Å². The minimum Gasteiger partial charge on any atom is -0.392 e. The number of nitrogens with zero attached hydrogens (tertiary/aromatic N) is 1. The molecule has 1 aliphatic rings. The van der Waals surface area contributed by atoms with E-state index in [1.807, 2.05) is 0 Å². The van der Waals surface area contributed by atoms with Crippen molar-refractivity contribution < 1.29 is 0 Å². The molecule has 16 heavy (non-hydrogen) atoms. The van der Waals surface area contributed by atoms with E-state index >= 15 is 0 Å². The third kappa shape index (κ3) is 2.42. The highest BCUT2D eigenvalue weighted by Gasteiger charge is 2.26. The van der Waals surface area contributed by atoms with Crippen LogP contribution in [0.2, 0.25) is 0 Å². The van der Waals surface area contributed by atoms with Crippen molar-refractivity contribution in [1.82, 2.24) is 4.90 Å². The van der Waals surface area contributed by atoms with E-state index in [1.54, 1.807) is 0 Å². The number of rotatable bonds is 5. The maximum absolute atomic E-state index is 5.59. The maximum Gasteiger partial charge on any atom is 0.0870 e. The lowest BCUT2D eigenvalue weighted by atomic mass is 9.77. The van der Waals surface area contributed by atoms with E-state index < -0.39 is 0 Å². The van der Waals surface area contributed by atoms with E-state index in [1.165, 1.54) is 17.5 Å². The van der Waals surface area contributed by atoms with Crippen molar-refractivity contribution in [2.24, 2.45) is 5.73 Å². The van der Waals surface area contributed by atoms with Crippen molar-refractivity contribution >= 4 is 17.2 Å². The Balaban J connectivity index is 1.94. The molecule has 0 amide bonds. The van der Waals surface area contributed by atoms with Gasteiger partial charge in [0.1, 0.15) is 0 Å². The second-order valence-electron chi connectivity index (χ2n) is 4.39. The van der Waals surface area contributed by atoms with Crippen molar-refractivity contribution in [2.75, 3.05) is 19.6 Å². The molecule has 2 rings (SSSR count). The van der Waals surface area contributed by atoms with Crippen LogP contribution in [-0.2, 0) is 6.42 Å². The molecule has 1 aliphatic carbocycles. The predicted octanol–water partition coefficient (Wildman–Crippen LogP) is 1.93. The molecule has 3 heteroatoms. The first-order chi connectivity index (χ1) is 7.70. The molecule has 86 valence electrons. The zero-order valence-electron chi connectivity index (χ0n) is 9.65. The van der Waals surface area contributed by atoms with Gasteiger partial charge in [-0.15, -0.1) is 0 Å². The van der Waals surface area contributed by atoms with Crippen LogP contribution in [0.25, 0.3) is 0 Å². The third-order valence-electron chi connectivity index (χ3n) is 3.27. The van der Waals surface area contributed by atoms with Gasteiger partial charge < -0.3 is 5.73 Å². The van der Waals surface area contributed by atoms with Gasteiger partial charge in [-0.25, -0.2) is 0 Å². The van der Waals surface area contributed by atoms with Gasteiger partial charge in [-0.05, 0) is 24.1 Å². The lowest BCUT2D eigenvalue weighted by Gasteiger charge is -2.34. The summed E-state index contributed by atoms with van der Waals surface area (Å²) in [6.45, 7) is 4.98. The summed E-state index contributed by atoms with van der Waals surface area (Å²) in [6, 6.07) is 8.68. The van der Waals surface area contributed by atoms with Gasteiger partial charge in [0.15, 0.2) is 0 Å². The Morgan fingerprint density at radius 2 is 2.25 bits per heavy atom. The second-order valence-corrected chi connectivity index (χ2v) is 4.92. The summed E-state index contributed by atoms with van der Waals surface area (Å²) in [4.78, 5) is 2.91. The first kappa shape index (κ1) is 11.6. The van der Waals surface area contributed by atoms with Gasteiger partial charge in [-0.2, -0.15) is 0 Å². The quantitative estimate of drug-likeness (QED) is 0.789. The molecule has 0 aromatic heterocycles. The molecule has 0 aliphatic heterocycles.